The van der Waals surface area contributed by atoms with Crippen LogP contribution in [0.15, 0.2) is 36.4 Å². The fourth-order valence-corrected chi connectivity index (χ4v) is 4.26. The van der Waals surface area contributed by atoms with Gasteiger partial charge < -0.3 is 14.9 Å². The average Bonchev–Trinajstić information content (AvgIpc) is 2.62. The van der Waals surface area contributed by atoms with Crippen LogP contribution >= 0.6 is 11.6 Å². The van der Waals surface area contributed by atoms with Crippen molar-refractivity contribution >= 4 is 27.3 Å². The van der Waals surface area contributed by atoms with E-state index in [-0.39, 0.29) is 18.8 Å². The lowest BCUT2D eigenvalue weighted by Crippen LogP contribution is -2.34. The highest BCUT2D eigenvalue weighted by atomic mass is 35.5. The van der Waals surface area contributed by atoms with Gasteiger partial charge in [0.05, 0.1) is 40.6 Å². The van der Waals surface area contributed by atoms with E-state index < -0.39 is 11.3 Å². The maximum Gasteiger partial charge on any atom is 0.0854 e. The summed E-state index contributed by atoms with van der Waals surface area (Å²) in [6.45, 7) is -0.124. The Labute approximate surface area is 167 Å². The molecule has 4 radical (unpaired) electrons. The molecule has 0 amide bonds. The molecule has 1 aliphatic carbocycles. The predicted molar refractivity (Wildman–Crippen MR) is 108 cm³/mol. The van der Waals surface area contributed by atoms with Gasteiger partial charge >= 0.3 is 0 Å². The van der Waals surface area contributed by atoms with Crippen molar-refractivity contribution < 1.29 is 14.9 Å². The number of aliphatic hydroxyl groups is 2. The molecule has 0 saturated carbocycles. The highest BCUT2D eigenvalue weighted by molar-refractivity contribution is 6.44. The molecule has 2 aliphatic rings. The van der Waals surface area contributed by atoms with Gasteiger partial charge in [0, 0.05) is 17.9 Å². The monoisotopic (exact) mass is 378 g/mol. The molecule has 4 rings (SSSR count). The molecule has 3 nitrogen and oxygen atoms in total. The second-order valence-corrected chi connectivity index (χ2v) is 8.05. The van der Waals surface area contributed by atoms with Crippen molar-refractivity contribution in [3.05, 3.63) is 69.2 Å². The van der Waals surface area contributed by atoms with Crippen LogP contribution in [0, 0.1) is 0 Å². The van der Waals surface area contributed by atoms with Crippen molar-refractivity contribution in [2.75, 3.05) is 6.61 Å². The first-order chi connectivity index (χ1) is 12.9. The number of aryl methyl sites for hydroxylation is 2. The van der Waals surface area contributed by atoms with Crippen molar-refractivity contribution in [3.63, 3.8) is 0 Å². The number of hydrogen-bond donors (Lipinski definition) is 2. The van der Waals surface area contributed by atoms with E-state index in [0.29, 0.717) is 23.4 Å². The zero-order valence-electron chi connectivity index (χ0n) is 15.1. The Bertz CT molecular complexity index is 855. The summed E-state index contributed by atoms with van der Waals surface area (Å²) in [6.07, 6.45) is 1.79. The molecule has 2 N–H and O–H groups in total. The van der Waals surface area contributed by atoms with Gasteiger partial charge in [0.25, 0.3) is 0 Å². The van der Waals surface area contributed by atoms with E-state index in [1.54, 1.807) is 6.07 Å². The fraction of sp³-hybridized carbons (Fsp3) is 0.429. The molecule has 1 fully saturated rings. The Morgan fingerprint density at radius 3 is 2.52 bits per heavy atom. The van der Waals surface area contributed by atoms with E-state index in [0.717, 1.165) is 24.0 Å². The van der Waals surface area contributed by atoms with E-state index in [1.165, 1.54) is 11.1 Å². The van der Waals surface area contributed by atoms with Crippen molar-refractivity contribution in [2.24, 2.45) is 0 Å². The quantitative estimate of drug-likeness (QED) is 0.804. The van der Waals surface area contributed by atoms with Crippen LogP contribution in [0.4, 0.5) is 0 Å². The summed E-state index contributed by atoms with van der Waals surface area (Å²) >= 11 is 6.45. The molecular weight excluding hydrogens is 357 g/mol. The SMILES string of the molecule is [B]C([B])(c1ccc2c(c1)CC2)c1cc(C2CC(O)CC(CO)O2)ccc1Cl. The second kappa shape index (κ2) is 7.29. The van der Waals surface area contributed by atoms with E-state index in [9.17, 15) is 10.2 Å². The van der Waals surface area contributed by atoms with Gasteiger partial charge in [0.1, 0.15) is 0 Å². The van der Waals surface area contributed by atoms with Crippen LogP contribution in [0.25, 0.3) is 0 Å². The van der Waals surface area contributed by atoms with Crippen LogP contribution in [0.3, 0.4) is 0 Å². The Kier molecular flexibility index (Phi) is 5.15. The van der Waals surface area contributed by atoms with Crippen LogP contribution in [0.1, 0.15) is 46.8 Å². The number of hydrogen-bond acceptors (Lipinski definition) is 3. The minimum absolute atomic E-state index is 0.124. The van der Waals surface area contributed by atoms with Crippen molar-refractivity contribution in [3.8, 4) is 0 Å². The molecule has 0 aromatic heterocycles. The molecule has 1 aliphatic heterocycles. The van der Waals surface area contributed by atoms with Gasteiger partial charge in [0.2, 0.25) is 0 Å². The molecule has 136 valence electrons. The lowest BCUT2D eigenvalue weighted by atomic mass is 9.47. The molecule has 1 heterocycles. The van der Waals surface area contributed by atoms with Crippen LogP contribution in [0.2, 0.25) is 5.02 Å². The third-order valence-electron chi connectivity index (χ3n) is 5.74. The lowest BCUT2D eigenvalue weighted by Gasteiger charge is -2.35. The average molecular weight is 378 g/mol. The van der Waals surface area contributed by atoms with Gasteiger partial charge in [-0.25, -0.2) is 0 Å². The lowest BCUT2D eigenvalue weighted by molar-refractivity contribution is -0.113. The van der Waals surface area contributed by atoms with E-state index in [1.807, 2.05) is 18.2 Å². The molecule has 0 spiro atoms. The zero-order valence-corrected chi connectivity index (χ0v) is 15.8. The Morgan fingerprint density at radius 1 is 1.07 bits per heavy atom. The molecular formula is C21H21B2ClO3. The zero-order chi connectivity index (χ0) is 19.2. The molecule has 1 saturated heterocycles. The third kappa shape index (κ3) is 3.58. The molecule has 27 heavy (non-hydrogen) atoms. The smallest absolute Gasteiger partial charge is 0.0854 e. The van der Waals surface area contributed by atoms with Gasteiger partial charge in [-0.1, -0.05) is 52.7 Å². The maximum absolute atomic E-state index is 10.1. The summed E-state index contributed by atoms with van der Waals surface area (Å²) in [7, 11) is 13.1. The first-order valence-corrected chi connectivity index (χ1v) is 9.70. The first-order valence-electron chi connectivity index (χ1n) is 9.33. The van der Waals surface area contributed by atoms with E-state index in [2.05, 4.69) is 12.1 Å². The van der Waals surface area contributed by atoms with E-state index in [4.69, 9.17) is 32.0 Å². The maximum atomic E-state index is 10.1. The summed E-state index contributed by atoms with van der Waals surface area (Å²) in [6, 6.07) is 11.6. The Morgan fingerprint density at radius 2 is 1.85 bits per heavy atom. The van der Waals surface area contributed by atoms with Crippen molar-refractivity contribution in [1.29, 1.82) is 0 Å². The minimum atomic E-state index is -1.23. The third-order valence-corrected chi connectivity index (χ3v) is 6.07. The van der Waals surface area contributed by atoms with Crippen LogP contribution in [-0.2, 0) is 22.8 Å². The Hall–Kier alpha value is -1.26. The standard InChI is InChI=1S/C21H21B2ClO3/c22-21(23,15-5-3-12-1-2-13(12)7-15)18-8-14(4-6-19(18)24)20-10-16(26)9-17(11-25)27-20/h3-8,16-17,20,25-26H,1-2,9-11H2. The van der Waals surface area contributed by atoms with Crippen LogP contribution in [0.5, 0.6) is 0 Å². The predicted octanol–water partition coefficient (Wildman–Crippen LogP) is 2.55. The minimum Gasteiger partial charge on any atom is -0.394 e. The molecule has 2 aromatic rings. The van der Waals surface area contributed by atoms with Crippen molar-refractivity contribution in [1.82, 2.24) is 0 Å². The molecule has 3 atom stereocenters. The molecule has 0 bridgehead atoms. The van der Waals surface area contributed by atoms with Crippen LogP contribution in [-0.4, -0.2) is 44.7 Å². The number of aliphatic hydroxyl groups excluding tert-OH is 2. The largest absolute Gasteiger partial charge is 0.394 e. The number of rotatable bonds is 4. The summed E-state index contributed by atoms with van der Waals surface area (Å²) in [5.41, 5.74) is 4.90. The number of halogens is 1. The second-order valence-electron chi connectivity index (χ2n) is 7.65. The normalized spacial score (nSPS) is 24.9. The van der Waals surface area contributed by atoms with Gasteiger partial charge in [0.15, 0.2) is 0 Å². The molecule has 6 heteroatoms. The number of benzene rings is 2. The topological polar surface area (TPSA) is 49.7 Å². The van der Waals surface area contributed by atoms with Crippen molar-refractivity contribution in [2.45, 2.75) is 49.2 Å². The van der Waals surface area contributed by atoms with Gasteiger partial charge in [-0.3, -0.25) is 0 Å². The summed E-state index contributed by atoms with van der Waals surface area (Å²) in [5, 5.41) is 18.8. The van der Waals surface area contributed by atoms with Gasteiger partial charge in [-0.15, -0.1) is 0 Å². The molecule has 3 unspecified atom stereocenters. The fourth-order valence-electron chi connectivity index (χ4n) is 3.99. The highest BCUT2D eigenvalue weighted by Crippen LogP contribution is 2.38. The summed E-state index contributed by atoms with van der Waals surface area (Å²) in [5.74, 6) is 0. The van der Waals surface area contributed by atoms with Gasteiger partial charge in [-0.2, -0.15) is 0 Å². The van der Waals surface area contributed by atoms with Crippen LogP contribution < -0.4 is 0 Å². The summed E-state index contributed by atoms with van der Waals surface area (Å²) in [4.78, 5) is 0. The van der Waals surface area contributed by atoms with E-state index >= 15 is 0 Å². The first kappa shape index (κ1) is 19.1. The number of ether oxygens (including phenoxy) is 1. The summed E-state index contributed by atoms with van der Waals surface area (Å²) < 4.78 is 5.91. The highest BCUT2D eigenvalue weighted by Gasteiger charge is 2.31. The molecule has 2 aromatic carbocycles. The van der Waals surface area contributed by atoms with Gasteiger partial charge in [-0.05, 0) is 41.2 Å². The Balaban J connectivity index is 1.68. The number of fused-ring (bicyclic) bond motifs is 1.